The number of phenols is 1. The molecule has 1 aromatic carbocycles. The van der Waals surface area contributed by atoms with Crippen LogP contribution in [0, 0.1) is 0 Å². The van der Waals surface area contributed by atoms with Gasteiger partial charge in [0.1, 0.15) is 48.0 Å². The molecule has 24 heteroatoms. The highest BCUT2D eigenvalue weighted by Crippen LogP contribution is 2.12. The van der Waals surface area contributed by atoms with Crippen LogP contribution in [0.2, 0.25) is 0 Å². The third kappa shape index (κ3) is 17.4. The Morgan fingerprint density at radius 2 is 1.02 bits per heavy atom. The zero-order valence-corrected chi connectivity index (χ0v) is 32.2. The molecule has 1 rings (SSSR count). The average Bonchev–Trinajstić information content (AvgIpc) is 3.15. The number of benzene rings is 1. The first-order valence-electron chi connectivity index (χ1n) is 17.3. The molecule has 16 N–H and O–H groups in total. The van der Waals surface area contributed by atoms with E-state index < -0.39 is 128 Å². The van der Waals surface area contributed by atoms with E-state index in [9.17, 15) is 68.7 Å². The van der Waals surface area contributed by atoms with Gasteiger partial charge in [-0.2, -0.15) is 11.8 Å². The first-order chi connectivity index (χ1) is 26.8. The SMILES string of the molecule is CSCCC(NC(=O)C(Cc1ccc(O)cc1)NC(=O)C(CC(N)=O)NC(=O)C(CO)NC(=O)C(CO)NC(=O)C(CO)NC(=O)C(C)NC(=O)C(C)N)C(=O)O. The lowest BCUT2D eigenvalue weighted by atomic mass is 10.0. The van der Waals surface area contributed by atoms with E-state index in [1.165, 1.54) is 49.9 Å². The van der Waals surface area contributed by atoms with Gasteiger partial charge < -0.3 is 74.2 Å². The van der Waals surface area contributed by atoms with E-state index in [0.29, 0.717) is 11.3 Å². The summed E-state index contributed by atoms with van der Waals surface area (Å²) < 4.78 is 0. The van der Waals surface area contributed by atoms with Gasteiger partial charge in [-0.05, 0) is 50.0 Å². The molecule has 0 aliphatic carbocycles. The topological polar surface area (TPSA) is 391 Å². The van der Waals surface area contributed by atoms with Crippen LogP contribution in [0.1, 0.15) is 32.3 Å². The van der Waals surface area contributed by atoms with E-state index in [4.69, 9.17) is 11.5 Å². The number of carboxylic acid groups (broad SMARTS) is 1. The summed E-state index contributed by atoms with van der Waals surface area (Å²) in [6.45, 7) is -0.594. The predicted octanol–water partition coefficient (Wildman–Crippen LogP) is -6.61. The Hall–Kier alpha value is -5.56. The number of hydrogen-bond donors (Lipinski definition) is 14. The number of hydrogen-bond acceptors (Lipinski definition) is 15. The van der Waals surface area contributed by atoms with Gasteiger partial charge in [-0.15, -0.1) is 0 Å². The van der Waals surface area contributed by atoms with E-state index in [1.807, 2.05) is 10.6 Å². The van der Waals surface area contributed by atoms with Crippen LogP contribution in [0.5, 0.6) is 5.75 Å². The van der Waals surface area contributed by atoms with E-state index in [-0.39, 0.29) is 18.6 Å². The number of carbonyl (C=O) groups is 9. The Bertz CT molecular complexity index is 1580. The Labute approximate surface area is 330 Å². The van der Waals surface area contributed by atoms with Crippen LogP contribution in [0.4, 0.5) is 0 Å². The van der Waals surface area contributed by atoms with Gasteiger partial charge in [0.2, 0.25) is 47.3 Å². The van der Waals surface area contributed by atoms with E-state index >= 15 is 0 Å². The predicted molar refractivity (Wildman–Crippen MR) is 200 cm³/mol. The number of nitrogens with two attached hydrogens (primary N) is 2. The maximum absolute atomic E-state index is 13.5. The molecule has 8 amide bonds. The lowest BCUT2D eigenvalue weighted by molar-refractivity contribution is -0.142. The van der Waals surface area contributed by atoms with E-state index in [1.54, 1.807) is 6.26 Å². The Morgan fingerprint density at radius 1 is 0.614 bits per heavy atom. The van der Waals surface area contributed by atoms with Crippen LogP contribution in [0.15, 0.2) is 24.3 Å². The number of primary amides is 1. The fourth-order valence-corrected chi connectivity index (χ4v) is 5.10. The third-order valence-electron chi connectivity index (χ3n) is 7.88. The number of nitrogens with one attached hydrogen (secondary N) is 7. The summed E-state index contributed by atoms with van der Waals surface area (Å²) in [6, 6.07) is -6.80. The first-order valence-corrected chi connectivity index (χ1v) is 18.7. The number of carboxylic acids is 1. The smallest absolute Gasteiger partial charge is 0.326 e. The summed E-state index contributed by atoms with van der Waals surface area (Å²) in [4.78, 5) is 114. The summed E-state index contributed by atoms with van der Waals surface area (Å²) >= 11 is 1.33. The van der Waals surface area contributed by atoms with Gasteiger partial charge in [-0.25, -0.2) is 4.79 Å². The summed E-state index contributed by atoms with van der Waals surface area (Å²) in [6.07, 6.45) is 0.648. The van der Waals surface area contributed by atoms with Gasteiger partial charge in [0.25, 0.3) is 0 Å². The molecule has 0 spiro atoms. The number of carbonyl (C=O) groups excluding carboxylic acids is 8. The number of aliphatic carboxylic acids is 1. The fourth-order valence-electron chi connectivity index (χ4n) is 4.63. The second kappa shape index (κ2) is 24.8. The molecule has 57 heavy (non-hydrogen) atoms. The standard InChI is InChI=1S/C33H51N9O14S/c1-15(34)26(48)36-16(2)27(49)40-22(12-43)31(53)42-24(14-45)32(54)41-23(13-44)30(52)39-21(11-25(35)47)29(51)38-20(10-17-4-6-18(46)7-5-17)28(50)37-19(33(55)56)8-9-57-3/h4-7,15-16,19-24,43-46H,8-14,34H2,1-3H3,(H2,35,47)(H,36,48)(H,37,50)(H,38,51)(H,39,52)(H,40,49)(H,41,54)(H,42,53)(H,55,56). The van der Waals surface area contributed by atoms with Gasteiger partial charge in [0.05, 0.1) is 32.3 Å². The lowest BCUT2D eigenvalue weighted by Gasteiger charge is -2.26. The van der Waals surface area contributed by atoms with Crippen LogP contribution in [-0.2, 0) is 49.6 Å². The lowest BCUT2D eigenvalue weighted by Crippen LogP contribution is -2.61. The third-order valence-corrected chi connectivity index (χ3v) is 8.53. The number of aromatic hydroxyl groups is 1. The van der Waals surface area contributed by atoms with E-state index in [0.717, 1.165) is 0 Å². The molecule has 8 atom stereocenters. The number of rotatable bonds is 25. The van der Waals surface area contributed by atoms with Crippen molar-refractivity contribution in [2.75, 3.05) is 31.8 Å². The van der Waals surface area contributed by atoms with Gasteiger partial charge in [0, 0.05) is 6.42 Å². The maximum atomic E-state index is 13.5. The molecular formula is C33H51N9O14S. The summed E-state index contributed by atoms with van der Waals surface area (Å²) in [5.74, 6) is -9.64. The van der Waals surface area contributed by atoms with Gasteiger partial charge in [-0.3, -0.25) is 38.4 Å². The molecule has 0 aliphatic rings. The van der Waals surface area contributed by atoms with Crippen molar-refractivity contribution in [2.24, 2.45) is 11.5 Å². The summed E-state index contributed by atoms with van der Waals surface area (Å²) in [5, 5.41) is 64.0. The Balaban J connectivity index is 3.15. The minimum atomic E-state index is -1.89. The molecule has 0 aromatic heterocycles. The molecule has 0 aliphatic heterocycles. The van der Waals surface area contributed by atoms with Crippen molar-refractivity contribution in [3.63, 3.8) is 0 Å². The van der Waals surface area contributed by atoms with E-state index in [2.05, 4.69) is 26.6 Å². The van der Waals surface area contributed by atoms with Crippen LogP contribution >= 0.6 is 11.8 Å². The number of aliphatic hydroxyl groups is 3. The minimum Gasteiger partial charge on any atom is -0.508 e. The highest BCUT2D eigenvalue weighted by atomic mass is 32.2. The van der Waals surface area contributed by atoms with Crippen molar-refractivity contribution in [3.8, 4) is 5.75 Å². The second-order valence-electron chi connectivity index (χ2n) is 12.6. The number of thioether (sulfide) groups is 1. The molecule has 318 valence electrons. The van der Waals surface area contributed by atoms with Crippen LogP contribution in [0.3, 0.4) is 0 Å². The molecule has 0 radical (unpaired) electrons. The zero-order valence-electron chi connectivity index (χ0n) is 31.4. The number of phenolic OH excluding ortho intramolecular Hbond substituents is 1. The molecule has 0 bridgehead atoms. The second-order valence-corrected chi connectivity index (χ2v) is 13.6. The molecule has 8 unspecified atom stereocenters. The molecule has 0 fully saturated rings. The first kappa shape index (κ1) is 49.5. The fraction of sp³-hybridized carbons (Fsp3) is 0.545. The molecule has 1 aromatic rings. The van der Waals surface area contributed by atoms with Crippen LogP contribution in [-0.4, -0.2) is 159 Å². The quantitative estimate of drug-likeness (QED) is 0.0436. The largest absolute Gasteiger partial charge is 0.508 e. The van der Waals surface area contributed by atoms with Crippen LogP contribution < -0.4 is 48.7 Å². The zero-order chi connectivity index (χ0) is 43.4. The van der Waals surface area contributed by atoms with Crippen molar-refractivity contribution in [2.45, 2.75) is 81.4 Å². The summed E-state index contributed by atoms with van der Waals surface area (Å²) in [7, 11) is 0. The molecular weight excluding hydrogens is 778 g/mol. The van der Waals surface area contributed by atoms with Crippen molar-refractivity contribution in [1.29, 1.82) is 0 Å². The number of aliphatic hydroxyl groups excluding tert-OH is 3. The minimum absolute atomic E-state index is 0.0331. The summed E-state index contributed by atoms with van der Waals surface area (Å²) in [5.41, 5.74) is 11.1. The van der Waals surface area contributed by atoms with Crippen molar-refractivity contribution >= 4 is 65.0 Å². The van der Waals surface area contributed by atoms with Crippen molar-refractivity contribution in [3.05, 3.63) is 29.8 Å². The van der Waals surface area contributed by atoms with Crippen molar-refractivity contribution in [1.82, 2.24) is 37.2 Å². The molecule has 23 nitrogen and oxygen atoms in total. The Morgan fingerprint density at radius 3 is 1.44 bits per heavy atom. The van der Waals surface area contributed by atoms with Crippen molar-refractivity contribution < 1.29 is 68.7 Å². The monoisotopic (exact) mass is 829 g/mol. The molecule has 0 heterocycles. The maximum Gasteiger partial charge on any atom is 0.326 e. The highest BCUT2D eigenvalue weighted by molar-refractivity contribution is 7.98. The average molecular weight is 830 g/mol. The Kier molecular flexibility index (Phi) is 21.6. The number of amides is 8. The van der Waals surface area contributed by atoms with Gasteiger partial charge in [-0.1, -0.05) is 12.1 Å². The molecule has 0 saturated carbocycles. The molecule has 0 saturated heterocycles. The normalized spacial score (nSPS) is 15.1. The highest BCUT2D eigenvalue weighted by Gasteiger charge is 2.34. The van der Waals surface area contributed by atoms with Gasteiger partial charge >= 0.3 is 5.97 Å². The van der Waals surface area contributed by atoms with Crippen LogP contribution in [0.25, 0.3) is 0 Å². The van der Waals surface area contributed by atoms with Gasteiger partial charge in [0.15, 0.2) is 0 Å².